The van der Waals surface area contributed by atoms with Crippen molar-refractivity contribution in [3.63, 3.8) is 0 Å². The van der Waals surface area contributed by atoms with E-state index >= 15 is 0 Å². The predicted octanol–water partition coefficient (Wildman–Crippen LogP) is 8.12. The second-order valence-corrected chi connectivity index (χ2v) is 11.2. The van der Waals surface area contributed by atoms with Crippen LogP contribution in [0, 0.1) is 0 Å². The fourth-order valence-corrected chi connectivity index (χ4v) is 3.60. The first-order valence-electron chi connectivity index (χ1n) is 10.5. The lowest BCUT2D eigenvalue weighted by Gasteiger charge is -2.29. The molecular weight excluding hydrogens is 324 g/mol. The Kier molecular flexibility index (Phi) is 6.00. The van der Waals surface area contributed by atoms with Gasteiger partial charge in [0.1, 0.15) is 0 Å². The molecule has 0 N–H and O–H groups in total. The molecule has 0 aromatic heterocycles. The zero-order chi connectivity index (χ0) is 20.6. The highest BCUT2D eigenvalue weighted by Crippen LogP contribution is 2.37. The molecule has 2 aromatic rings. The Hall–Kier alpha value is -1.56. The summed E-state index contributed by atoms with van der Waals surface area (Å²) < 4.78 is 0. The average molecular weight is 365 g/mol. The number of rotatable bonds is 3. The SMILES string of the molecule is CCC(c1cccc(C(C)(C)C)c1)c1cc(C(C)(C)C)cc(C(C)(C)C)c1. The van der Waals surface area contributed by atoms with Crippen molar-refractivity contribution >= 4 is 0 Å². The number of hydrogen-bond acceptors (Lipinski definition) is 0. The van der Waals surface area contributed by atoms with E-state index in [1.165, 1.54) is 27.8 Å². The second kappa shape index (κ2) is 7.46. The van der Waals surface area contributed by atoms with Gasteiger partial charge in [-0.1, -0.05) is 112 Å². The monoisotopic (exact) mass is 364 g/mol. The summed E-state index contributed by atoms with van der Waals surface area (Å²) in [5.74, 6) is 0.440. The van der Waals surface area contributed by atoms with E-state index in [0.29, 0.717) is 5.92 Å². The van der Waals surface area contributed by atoms with Crippen LogP contribution in [0.25, 0.3) is 0 Å². The lowest BCUT2D eigenvalue weighted by atomic mass is 9.76. The van der Waals surface area contributed by atoms with Gasteiger partial charge in [-0.05, 0) is 50.5 Å². The van der Waals surface area contributed by atoms with Crippen molar-refractivity contribution in [1.82, 2.24) is 0 Å². The first-order valence-corrected chi connectivity index (χ1v) is 10.5. The predicted molar refractivity (Wildman–Crippen MR) is 121 cm³/mol. The summed E-state index contributed by atoms with van der Waals surface area (Å²) in [6.07, 6.45) is 1.12. The van der Waals surface area contributed by atoms with Crippen molar-refractivity contribution in [3.05, 3.63) is 70.3 Å². The van der Waals surface area contributed by atoms with Gasteiger partial charge in [-0.2, -0.15) is 0 Å². The molecule has 0 aliphatic carbocycles. The van der Waals surface area contributed by atoms with Gasteiger partial charge in [0.15, 0.2) is 0 Å². The smallest absolute Gasteiger partial charge is 0.00870 e. The van der Waals surface area contributed by atoms with Gasteiger partial charge in [0.2, 0.25) is 0 Å². The van der Waals surface area contributed by atoms with Gasteiger partial charge >= 0.3 is 0 Å². The molecule has 0 saturated carbocycles. The normalized spacial score (nSPS) is 14.3. The van der Waals surface area contributed by atoms with Gasteiger partial charge < -0.3 is 0 Å². The maximum absolute atomic E-state index is 2.45. The Morgan fingerprint density at radius 2 is 1.04 bits per heavy atom. The first kappa shape index (κ1) is 21.7. The highest BCUT2D eigenvalue weighted by Gasteiger charge is 2.24. The molecule has 0 amide bonds. The molecule has 2 rings (SSSR count). The lowest BCUT2D eigenvalue weighted by molar-refractivity contribution is 0.565. The first-order chi connectivity index (χ1) is 12.2. The van der Waals surface area contributed by atoms with Crippen LogP contribution < -0.4 is 0 Å². The van der Waals surface area contributed by atoms with Crippen LogP contribution in [-0.4, -0.2) is 0 Å². The van der Waals surface area contributed by atoms with Gasteiger partial charge in [-0.25, -0.2) is 0 Å². The molecule has 0 spiro atoms. The van der Waals surface area contributed by atoms with E-state index in [4.69, 9.17) is 0 Å². The summed E-state index contributed by atoms with van der Waals surface area (Å²) in [5, 5.41) is 0. The van der Waals surface area contributed by atoms with Gasteiger partial charge in [-0.15, -0.1) is 0 Å². The van der Waals surface area contributed by atoms with Crippen LogP contribution in [0.1, 0.15) is 109 Å². The standard InChI is InChI=1S/C27H40/c1-11-24(19-13-12-14-21(15-19)25(2,3)4)20-16-22(26(5,6)7)18-23(17-20)27(8,9)10/h12-18,24H,11H2,1-10H3. The molecule has 0 bridgehead atoms. The molecule has 1 unspecified atom stereocenters. The van der Waals surface area contributed by atoms with Crippen LogP contribution in [0.5, 0.6) is 0 Å². The minimum absolute atomic E-state index is 0.154. The van der Waals surface area contributed by atoms with E-state index in [2.05, 4.69) is 112 Å². The minimum Gasteiger partial charge on any atom is -0.0645 e. The Balaban J connectivity index is 2.63. The van der Waals surface area contributed by atoms with Crippen molar-refractivity contribution in [1.29, 1.82) is 0 Å². The molecule has 1 atom stereocenters. The van der Waals surface area contributed by atoms with Crippen LogP contribution in [0.4, 0.5) is 0 Å². The fourth-order valence-electron chi connectivity index (χ4n) is 3.60. The molecule has 2 aromatic carbocycles. The van der Waals surface area contributed by atoms with Gasteiger partial charge in [0, 0.05) is 5.92 Å². The zero-order valence-electron chi connectivity index (χ0n) is 19.3. The molecule has 0 aliphatic heterocycles. The third kappa shape index (κ3) is 5.24. The van der Waals surface area contributed by atoms with E-state index in [0.717, 1.165) is 6.42 Å². The summed E-state index contributed by atoms with van der Waals surface area (Å²) in [6, 6.07) is 16.6. The van der Waals surface area contributed by atoms with Crippen molar-refractivity contribution in [3.8, 4) is 0 Å². The fraction of sp³-hybridized carbons (Fsp3) is 0.556. The van der Waals surface area contributed by atoms with Crippen molar-refractivity contribution in [2.45, 2.75) is 97.8 Å². The van der Waals surface area contributed by atoms with Crippen LogP contribution in [0.2, 0.25) is 0 Å². The van der Waals surface area contributed by atoms with Crippen molar-refractivity contribution in [2.24, 2.45) is 0 Å². The molecular formula is C27H40. The van der Waals surface area contributed by atoms with Crippen LogP contribution in [0.3, 0.4) is 0 Å². The third-order valence-electron chi connectivity index (χ3n) is 5.65. The zero-order valence-corrected chi connectivity index (χ0v) is 19.3. The minimum atomic E-state index is 0.154. The topological polar surface area (TPSA) is 0 Å². The molecule has 0 aliphatic rings. The van der Waals surface area contributed by atoms with Crippen molar-refractivity contribution in [2.75, 3.05) is 0 Å². The highest BCUT2D eigenvalue weighted by atomic mass is 14.3. The van der Waals surface area contributed by atoms with E-state index < -0.39 is 0 Å². The summed E-state index contributed by atoms with van der Waals surface area (Å²) in [4.78, 5) is 0. The Bertz CT molecular complexity index is 741. The maximum Gasteiger partial charge on any atom is 0.00870 e. The lowest BCUT2D eigenvalue weighted by Crippen LogP contribution is -2.18. The summed E-state index contributed by atoms with van der Waals surface area (Å²) in [5.41, 5.74) is 7.69. The summed E-state index contributed by atoms with van der Waals surface area (Å²) in [7, 11) is 0. The maximum atomic E-state index is 2.45. The quantitative estimate of drug-likeness (QED) is 0.516. The molecule has 0 nitrogen and oxygen atoms in total. The Morgan fingerprint density at radius 1 is 0.593 bits per heavy atom. The number of benzene rings is 2. The van der Waals surface area contributed by atoms with E-state index in [9.17, 15) is 0 Å². The third-order valence-corrected chi connectivity index (χ3v) is 5.65. The van der Waals surface area contributed by atoms with E-state index in [1.54, 1.807) is 0 Å². The van der Waals surface area contributed by atoms with Crippen LogP contribution in [-0.2, 0) is 16.2 Å². The molecule has 0 heteroatoms. The van der Waals surface area contributed by atoms with Crippen molar-refractivity contribution < 1.29 is 0 Å². The summed E-state index contributed by atoms with van der Waals surface area (Å²) in [6.45, 7) is 23.1. The molecule has 0 fully saturated rings. The Labute approximate surface area is 168 Å². The second-order valence-electron chi connectivity index (χ2n) is 11.2. The van der Waals surface area contributed by atoms with Gasteiger partial charge in [0.25, 0.3) is 0 Å². The molecule has 0 saturated heterocycles. The van der Waals surface area contributed by atoms with E-state index in [-0.39, 0.29) is 16.2 Å². The molecule has 27 heavy (non-hydrogen) atoms. The van der Waals surface area contributed by atoms with Crippen LogP contribution >= 0.6 is 0 Å². The molecule has 0 heterocycles. The van der Waals surface area contributed by atoms with Gasteiger partial charge in [-0.3, -0.25) is 0 Å². The molecule has 0 radical (unpaired) electrons. The largest absolute Gasteiger partial charge is 0.0645 e. The Morgan fingerprint density at radius 3 is 1.44 bits per heavy atom. The number of hydrogen-bond donors (Lipinski definition) is 0. The summed E-state index contributed by atoms with van der Waals surface area (Å²) >= 11 is 0. The van der Waals surface area contributed by atoms with Gasteiger partial charge in [0.05, 0.1) is 0 Å². The van der Waals surface area contributed by atoms with E-state index in [1.807, 2.05) is 0 Å². The molecule has 148 valence electrons. The average Bonchev–Trinajstić information content (AvgIpc) is 2.53. The van der Waals surface area contributed by atoms with Crippen LogP contribution in [0.15, 0.2) is 42.5 Å². The highest BCUT2D eigenvalue weighted by molar-refractivity contribution is 5.43.